The molecular formula is C21H14N4O3. The summed E-state index contributed by atoms with van der Waals surface area (Å²) in [6.45, 7) is 0. The van der Waals surface area contributed by atoms with E-state index in [0.717, 1.165) is 5.56 Å². The molecule has 2 heterocycles. The number of nitro groups is 1. The van der Waals surface area contributed by atoms with Gasteiger partial charge in [0.1, 0.15) is 0 Å². The molecule has 0 radical (unpaired) electrons. The van der Waals surface area contributed by atoms with Crippen LogP contribution in [0.4, 0.5) is 11.4 Å². The highest BCUT2D eigenvalue weighted by molar-refractivity contribution is 6.13. The molecule has 0 aliphatic rings. The van der Waals surface area contributed by atoms with Gasteiger partial charge in [-0.1, -0.05) is 24.3 Å². The molecule has 1 N–H and O–H groups in total. The van der Waals surface area contributed by atoms with E-state index >= 15 is 0 Å². The third-order valence-corrected chi connectivity index (χ3v) is 4.23. The molecule has 2 aromatic carbocycles. The van der Waals surface area contributed by atoms with Crippen molar-refractivity contribution >= 4 is 28.2 Å². The lowest BCUT2D eigenvalue weighted by molar-refractivity contribution is -0.384. The van der Waals surface area contributed by atoms with Crippen LogP contribution >= 0.6 is 0 Å². The van der Waals surface area contributed by atoms with Gasteiger partial charge in [0.2, 0.25) is 0 Å². The smallest absolute Gasteiger partial charge is 0.271 e. The van der Waals surface area contributed by atoms with Crippen LogP contribution in [0.25, 0.3) is 22.2 Å². The summed E-state index contributed by atoms with van der Waals surface area (Å²) in [5.74, 6) is -0.371. The third kappa shape index (κ3) is 3.41. The summed E-state index contributed by atoms with van der Waals surface area (Å²) >= 11 is 0. The van der Waals surface area contributed by atoms with Crippen molar-refractivity contribution in [3.63, 3.8) is 0 Å². The van der Waals surface area contributed by atoms with Crippen molar-refractivity contribution in [1.82, 2.24) is 9.97 Å². The number of anilines is 1. The SMILES string of the molecule is O=C(Nc1cccc([N+](=O)[O-])c1)c1cc(-c2cccnc2)nc2ccccc12. The molecule has 0 bridgehead atoms. The van der Waals surface area contributed by atoms with Gasteiger partial charge in [0, 0.05) is 41.2 Å². The number of para-hydroxylation sites is 1. The number of hydrogen-bond donors (Lipinski definition) is 1. The van der Waals surface area contributed by atoms with E-state index in [2.05, 4.69) is 15.3 Å². The number of carbonyl (C=O) groups is 1. The summed E-state index contributed by atoms with van der Waals surface area (Å²) in [5, 5.41) is 14.4. The highest BCUT2D eigenvalue weighted by Gasteiger charge is 2.15. The number of fused-ring (bicyclic) bond motifs is 1. The van der Waals surface area contributed by atoms with E-state index in [4.69, 9.17) is 0 Å². The predicted molar refractivity (Wildman–Crippen MR) is 106 cm³/mol. The van der Waals surface area contributed by atoms with Crippen molar-refractivity contribution in [2.24, 2.45) is 0 Å². The molecule has 1 amide bonds. The minimum absolute atomic E-state index is 0.0894. The van der Waals surface area contributed by atoms with Gasteiger partial charge in [-0.05, 0) is 30.3 Å². The Morgan fingerprint density at radius 1 is 1.00 bits per heavy atom. The number of nitro benzene ring substituents is 1. The van der Waals surface area contributed by atoms with Crippen LogP contribution in [0.3, 0.4) is 0 Å². The number of nitrogens with zero attached hydrogens (tertiary/aromatic N) is 3. The highest BCUT2D eigenvalue weighted by Crippen LogP contribution is 2.26. The monoisotopic (exact) mass is 370 g/mol. The van der Waals surface area contributed by atoms with Gasteiger partial charge in [-0.25, -0.2) is 4.98 Å². The van der Waals surface area contributed by atoms with Crippen LogP contribution in [-0.2, 0) is 0 Å². The Kier molecular flexibility index (Phi) is 4.47. The maximum absolute atomic E-state index is 13.0. The van der Waals surface area contributed by atoms with Gasteiger partial charge in [0.15, 0.2) is 0 Å². The van der Waals surface area contributed by atoms with Crippen molar-refractivity contribution in [1.29, 1.82) is 0 Å². The molecular weight excluding hydrogens is 356 g/mol. The third-order valence-electron chi connectivity index (χ3n) is 4.23. The van der Waals surface area contributed by atoms with Crippen LogP contribution < -0.4 is 5.32 Å². The summed E-state index contributed by atoms with van der Waals surface area (Å²) in [4.78, 5) is 32.2. The minimum Gasteiger partial charge on any atom is -0.322 e. The molecule has 0 saturated carbocycles. The van der Waals surface area contributed by atoms with E-state index in [1.54, 1.807) is 30.6 Å². The van der Waals surface area contributed by atoms with Crippen LogP contribution in [0.15, 0.2) is 79.1 Å². The summed E-state index contributed by atoms with van der Waals surface area (Å²) in [7, 11) is 0. The van der Waals surface area contributed by atoms with Gasteiger partial charge in [0.05, 0.1) is 21.7 Å². The molecule has 0 saturated heterocycles. The average Bonchev–Trinajstić information content (AvgIpc) is 2.73. The Labute approximate surface area is 159 Å². The lowest BCUT2D eigenvalue weighted by atomic mass is 10.0. The van der Waals surface area contributed by atoms with Crippen molar-refractivity contribution in [2.45, 2.75) is 0 Å². The number of non-ortho nitro benzene ring substituents is 1. The highest BCUT2D eigenvalue weighted by atomic mass is 16.6. The zero-order chi connectivity index (χ0) is 19.5. The van der Waals surface area contributed by atoms with Gasteiger partial charge in [-0.3, -0.25) is 19.9 Å². The number of nitrogens with one attached hydrogen (secondary N) is 1. The van der Waals surface area contributed by atoms with E-state index in [9.17, 15) is 14.9 Å². The lowest BCUT2D eigenvalue weighted by Crippen LogP contribution is -2.13. The summed E-state index contributed by atoms with van der Waals surface area (Å²) in [5.41, 5.74) is 2.77. The van der Waals surface area contributed by atoms with Crippen LogP contribution in [0, 0.1) is 10.1 Å². The first kappa shape index (κ1) is 17.3. The van der Waals surface area contributed by atoms with E-state index < -0.39 is 4.92 Å². The normalized spacial score (nSPS) is 10.6. The first-order chi connectivity index (χ1) is 13.6. The number of hydrogen-bond acceptors (Lipinski definition) is 5. The Morgan fingerprint density at radius 2 is 1.86 bits per heavy atom. The van der Waals surface area contributed by atoms with E-state index in [-0.39, 0.29) is 11.6 Å². The Bertz CT molecular complexity index is 1190. The molecule has 4 aromatic rings. The second kappa shape index (κ2) is 7.24. The summed E-state index contributed by atoms with van der Waals surface area (Å²) in [6, 6.07) is 18.5. The standard InChI is InChI=1S/C21H14N4O3/c26-21(23-15-6-3-7-16(11-15)25(27)28)18-12-20(14-5-4-10-22-13-14)24-19-9-2-1-8-17(18)19/h1-13H,(H,23,26). The molecule has 7 nitrogen and oxygen atoms in total. The molecule has 0 spiro atoms. The number of benzene rings is 2. The largest absolute Gasteiger partial charge is 0.322 e. The molecule has 0 aliphatic heterocycles. The first-order valence-electron chi connectivity index (χ1n) is 8.48. The lowest BCUT2D eigenvalue weighted by Gasteiger charge is -2.10. The second-order valence-corrected chi connectivity index (χ2v) is 6.08. The van der Waals surface area contributed by atoms with Crippen molar-refractivity contribution in [2.75, 3.05) is 5.32 Å². The van der Waals surface area contributed by atoms with Gasteiger partial charge in [0.25, 0.3) is 11.6 Å². The van der Waals surface area contributed by atoms with Crippen LogP contribution in [-0.4, -0.2) is 20.8 Å². The maximum atomic E-state index is 13.0. The molecule has 0 fully saturated rings. The van der Waals surface area contributed by atoms with Crippen molar-refractivity contribution in [3.8, 4) is 11.3 Å². The van der Waals surface area contributed by atoms with Gasteiger partial charge in [-0.2, -0.15) is 0 Å². The molecule has 136 valence electrons. The molecule has 0 unspecified atom stereocenters. The Hall–Kier alpha value is -4.13. The van der Waals surface area contributed by atoms with Crippen molar-refractivity contribution in [3.05, 3.63) is 94.8 Å². The first-order valence-corrected chi connectivity index (χ1v) is 8.48. The van der Waals surface area contributed by atoms with Crippen LogP contribution in [0.5, 0.6) is 0 Å². The van der Waals surface area contributed by atoms with E-state index in [1.807, 2.05) is 30.3 Å². The Balaban J connectivity index is 1.78. The zero-order valence-corrected chi connectivity index (χ0v) is 14.6. The van der Waals surface area contributed by atoms with Crippen LogP contribution in [0.2, 0.25) is 0 Å². The van der Waals surface area contributed by atoms with Gasteiger partial charge >= 0.3 is 0 Å². The number of amides is 1. The number of rotatable bonds is 4. The minimum atomic E-state index is -0.502. The maximum Gasteiger partial charge on any atom is 0.271 e. The fourth-order valence-corrected chi connectivity index (χ4v) is 2.92. The quantitative estimate of drug-likeness (QED) is 0.422. The topological polar surface area (TPSA) is 98.0 Å². The molecule has 28 heavy (non-hydrogen) atoms. The van der Waals surface area contributed by atoms with Crippen LogP contribution in [0.1, 0.15) is 10.4 Å². The fourth-order valence-electron chi connectivity index (χ4n) is 2.92. The zero-order valence-electron chi connectivity index (χ0n) is 14.6. The van der Waals surface area contributed by atoms with Gasteiger partial charge in [-0.15, -0.1) is 0 Å². The fraction of sp³-hybridized carbons (Fsp3) is 0. The molecule has 0 aliphatic carbocycles. The number of carbonyl (C=O) groups excluding carboxylic acids is 1. The van der Waals surface area contributed by atoms with E-state index in [0.29, 0.717) is 27.8 Å². The molecule has 2 aromatic heterocycles. The number of pyridine rings is 2. The van der Waals surface area contributed by atoms with E-state index in [1.165, 1.54) is 18.2 Å². The van der Waals surface area contributed by atoms with Gasteiger partial charge < -0.3 is 5.32 Å². The summed E-state index contributed by atoms with van der Waals surface area (Å²) < 4.78 is 0. The number of aromatic nitrogens is 2. The van der Waals surface area contributed by atoms with Crippen molar-refractivity contribution < 1.29 is 9.72 Å². The molecule has 7 heteroatoms. The predicted octanol–water partition coefficient (Wildman–Crippen LogP) is 4.46. The summed E-state index contributed by atoms with van der Waals surface area (Å²) in [6.07, 6.45) is 3.35. The molecule has 0 atom stereocenters. The molecule has 4 rings (SSSR count). The Morgan fingerprint density at radius 3 is 2.64 bits per heavy atom. The second-order valence-electron chi connectivity index (χ2n) is 6.08. The average molecular weight is 370 g/mol.